The molecule has 0 spiro atoms. The zero-order valence-electron chi connectivity index (χ0n) is 11.5. The van der Waals surface area contributed by atoms with Crippen LogP contribution in [0.2, 0.25) is 0 Å². The van der Waals surface area contributed by atoms with Gasteiger partial charge in [0.05, 0.1) is 11.8 Å². The number of aryl methyl sites for hydroxylation is 1. The summed E-state index contributed by atoms with van der Waals surface area (Å²) in [5.41, 5.74) is 8.05. The van der Waals surface area contributed by atoms with Gasteiger partial charge in [-0.05, 0) is 31.9 Å². The zero-order chi connectivity index (χ0) is 14.4. The molecule has 1 aromatic carbocycles. The van der Waals surface area contributed by atoms with Gasteiger partial charge in [-0.1, -0.05) is 24.4 Å². The van der Waals surface area contributed by atoms with E-state index < -0.39 is 0 Å². The molecule has 0 bridgehead atoms. The normalized spacial score (nSPS) is 11.9. The second-order valence-electron chi connectivity index (χ2n) is 4.49. The summed E-state index contributed by atoms with van der Waals surface area (Å²) in [5.74, 6) is -0.0630. The zero-order valence-corrected chi connectivity index (χ0v) is 12.3. The molecule has 0 fully saturated rings. The molecule has 0 aliphatic carbocycles. The Morgan fingerprint density at radius 3 is 2.79 bits per heavy atom. The van der Waals surface area contributed by atoms with Crippen molar-refractivity contribution in [2.75, 3.05) is 12.4 Å². The SMILES string of the molecule is COC(C)CCC(=O)Nc1cccc(C)c1C(N)=S. The molecule has 0 aliphatic rings. The van der Waals surface area contributed by atoms with Gasteiger partial charge in [0.15, 0.2) is 0 Å². The van der Waals surface area contributed by atoms with E-state index in [0.717, 1.165) is 11.1 Å². The van der Waals surface area contributed by atoms with Crippen LogP contribution in [0.25, 0.3) is 0 Å². The molecular weight excluding hydrogens is 260 g/mol. The highest BCUT2D eigenvalue weighted by Gasteiger charge is 2.12. The predicted octanol–water partition coefficient (Wildman–Crippen LogP) is 2.38. The molecule has 0 saturated heterocycles. The number of hydrogen-bond acceptors (Lipinski definition) is 3. The molecule has 19 heavy (non-hydrogen) atoms. The number of ether oxygens (including phenoxy) is 1. The summed E-state index contributed by atoms with van der Waals surface area (Å²) >= 11 is 5.02. The highest BCUT2D eigenvalue weighted by molar-refractivity contribution is 7.80. The molecule has 4 nitrogen and oxygen atoms in total. The summed E-state index contributed by atoms with van der Waals surface area (Å²) in [6.07, 6.45) is 1.15. The number of carbonyl (C=O) groups is 1. The van der Waals surface area contributed by atoms with Gasteiger partial charge in [0.1, 0.15) is 4.99 Å². The van der Waals surface area contributed by atoms with Crippen LogP contribution in [-0.4, -0.2) is 24.1 Å². The minimum absolute atomic E-state index is 0.0630. The number of rotatable bonds is 6. The van der Waals surface area contributed by atoms with Gasteiger partial charge >= 0.3 is 0 Å². The first-order valence-corrected chi connectivity index (χ1v) is 6.58. The third-order valence-electron chi connectivity index (χ3n) is 2.97. The van der Waals surface area contributed by atoms with E-state index in [9.17, 15) is 4.79 Å². The summed E-state index contributed by atoms with van der Waals surface area (Å²) in [7, 11) is 1.63. The topological polar surface area (TPSA) is 64.3 Å². The lowest BCUT2D eigenvalue weighted by atomic mass is 10.1. The van der Waals surface area contributed by atoms with Crippen LogP contribution in [0, 0.1) is 6.92 Å². The Hall–Kier alpha value is -1.46. The van der Waals surface area contributed by atoms with Crippen LogP contribution in [0.5, 0.6) is 0 Å². The fourth-order valence-corrected chi connectivity index (χ4v) is 2.03. The number of thiocarbonyl (C=S) groups is 1. The lowest BCUT2D eigenvalue weighted by molar-refractivity contribution is -0.116. The first-order chi connectivity index (χ1) is 8.95. The van der Waals surface area contributed by atoms with Crippen molar-refractivity contribution in [2.24, 2.45) is 5.73 Å². The quantitative estimate of drug-likeness (QED) is 0.785. The first kappa shape index (κ1) is 15.6. The minimum atomic E-state index is -0.0630. The standard InChI is InChI=1S/C14H20N2O2S/c1-9-5-4-6-11(13(9)14(15)19)16-12(17)8-7-10(2)18-3/h4-6,10H,7-8H2,1-3H3,(H2,15,19)(H,16,17). The molecule has 3 N–H and O–H groups in total. The third-order valence-corrected chi connectivity index (χ3v) is 3.18. The number of hydrogen-bond donors (Lipinski definition) is 2. The predicted molar refractivity (Wildman–Crippen MR) is 81.4 cm³/mol. The van der Waals surface area contributed by atoms with Gasteiger partial charge in [-0.3, -0.25) is 4.79 Å². The van der Waals surface area contributed by atoms with Crippen LogP contribution < -0.4 is 11.1 Å². The van der Waals surface area contributed by atoms with Gasteiger partial charge in [-0.25, -0.2) is 0 Å². The maximum absolute atomic E-state index is 11.9. The Balaban J connectivity index is 2.74. The third kappa shape index (κ3) is 4.61. The molecule has 1 unspecified atom stereocenters. The largest absolute Gasteiger partial charge is 0.389 e. The van der Waals surface area contributed by atoms with Crippen molar-refractivity contribution in [1.82, 2.24) is 0 Å². The van der Waals surface area contributed by atoms with Crippen molar-refractivity contribution in [3.8, 4) is 0 Å². The Morgan fingerprint density at radius 1 is 1.53 bits per heavy atom. The van der Waals surface area contributed by atoms with Crippen LogP contribution in [0.4, 0.5) is 5.69 Å². The van der Waals surface area contributed by atoms with Crippen LogP contribution in [0.15, 0.2) is 18.2 Å². The van der Waals surface area contributed by atoms with Gasteiger partial charge in [-0.2, -0.15) is 0 Å². The Kier molecular flexibility index (Phi) is 5.92. The number of nitrogens with one attached hydrogen (secondary N) is 1. The summed E-state index contributed by atoms with van der Waals surface area (Å²) in [4.78, 5) is 12.2. The second-order valence-corrected chi connectivity index (χ2v) is 4.93. The second kappa shape index (κ2) is 7.21. The summed E-state index contributed by atoms with van der Waals surface area (Å²) in [6.45, 7) is 3.84. The average Bonchev–Trinajstić information content (AvgIpc) is 2.35. The van der Waals surface area contributed by atoms with Crippen LogP contribution in [-0.2, 0) is 9.53 Å². The summed E-state index contributed by atoms with van der Waals surface area (Å²) in [6, 6.07) is 5.58. The van der Waals surface area contributed by atoms with Crippen molar-refractivity contribution in [2.45, 2.75) is 32.8 Å². The number of carbonyl (C=O) groups excluding carboxylic acids is 1. The molecule has 0 radical (unpaired) electrons. The molecule has 104 valence electrons. The van der Waals surface area contributed by atoms with Crippen molar-refractivity contribution >= 4 is 28.8 Å². The molecule has 0 aliphatic heterocycles. The van der Waals surface area contributed by atoms with E-state index in [0.29, 0.717) is 23.5 Å². The Morgan fingerprint density at radius 2 is 2.21 bits per heavy atom. The highest BCUT2D eigenvalue weighted by Crippen LogP contribution is 2.19. The van der Waals surface area contributed by atoms with Crippen molar-refractivity contribution in [1.29, 1.82) is 0 Å². The lowest BCUT2D eigenvalue weighted by Crippen LogP contribution is -2.19. The van der Waals surface area contributed by atoms with Gasteiger partial charge in [-0.15, -0.1) is 0 Å². The van der Waals surface area contributed by atoms with Crippen molar-refractivity contribution in [3.05, 3.63) is 29.3 Å². The van der Waals surface area contributed by atoms with E-state index in [1.54, 1.807) is 13.2 Å². The minimum Gasteiger partial charge on any atom is -0.389 e. The number of methoxy groups -OCH3 is 1. The van der Waals surface area contributed by atoms with E-state index in [1.165, 1.54) is 0 Å². The molecule has 0 saturated carbocycles. The van der Waals surface area contributed by atoms with Crippen molar-refractivity contribution < 1.29 is 9.53 Å². The van der Waals surface area contributed by atoms with Gasteiger partial charge < -0.3 is 15.8 Å². The number of benzene rings is 1. The molecule has 0 aromatic heterocycles. The number of anilines is 1. The van der Waals surface area contributed by atoms with E-state index in [2.05, 4.69) is 5.32 Å². The summed E-state index contributed by atoms with van der Waals surface area (Å²) in [5, 5.41) is 2.85. The number of nitrogens with two attached hydrogens (primary N) is 1. The molecule has 1 rings (SSSR count). The molecule has 1 atom stereocenters. The molecule has 0 heterocycles. The molecule has 1 aromatic rings. The van der Waals surface area contributed by atoms with Crippen LogP contribution >= 0.6 is 12.2 Å². The van der Waals surface area contributed by atoms with Gasteiger partial charge in [0.2, 0.25) is 5.91 Å². The van der Waals surface area contributed by atoms with Gasteiger partial charge in [0.25, 0.3) is 0 Å². The first-order valence-electron chi connectivity index (χ1n) is 6.17. The van der Waals surface area contributed by atoms with Crippen LogP contribution in [0.1, 0.15) is 30.9 Å². The van der Waals surface area contributed by atoms with E-state index >= 15 is 0 Å². The van der Waals surface area contributed by atoms with E-state index in [4.69, 9.17) is 22.7 Å². The van der Waals surface area contributed by atoms with Crippen molar-refractivity contribution in [3.63, 3.8) is 0 Å². The Labute approximate surface area is 119 Å². The number of amides is 1. The smallest absolute Gasteiger partial charge is 0.224 e. The van der Waals surface area contributed by atoms with E-state index in [1.807, 2.05) is 26.0 Å². The maximum atomic E-state index is 11.9. The molecular formula is C14H20N2O2S. The monoisotopic (exact) mass is 280 g/mol. The van der Waals surface area contributed by atoms with E-state index in [-0.39, 0.29) is 12.0 Å². The Bertz CT molecular complexity index is 475. The summed E-state index contributed by atoms with van der Waals surface area (Å²) < 4.78 is 5.11. The highest BCUT2D eigenvalue weighted by atomic mass is 32.1. The molecule has 1 amide bonds. The fraction of sp³-hybridized carbons (Fsp3) is 0.429. The van der Waals surface area contributed by atoms with Gasteiger partial charge in [0, 0.05) is 19.1 Å². The molecule has 5 heteroatoms. The maximum Gasteiger partial charge on any atom is 0.224 e. The average molecular weight is 280 g/mol. The van der Waals surface area contributed by atoms with Crippen LogP contribution in [0.3, 0.4) is 0 Å². The fourth-order valence-electron chi connectivity index (χ4n) is 1.76. The lowest BCUT2D eigenvalue weighted by Gasteiger charge is -2.13.